The predicted molar refractivity (Wildman–Crippen MR) is 153 cm³/mol. The van der Waals surface area contributed by atoms with Gasteiger partial charge in [0.15, 0.2) is 23.7 Å². The van der Waals surface area contributed by atoms with E-state index in [9.17, 15) is 19.2 Å². The number of aromatic nitrogens is 4. The molecule has 3 heterocycles. The lowest BCUT2D eigenvalue weighted by atomic mass is 9.99. The van der Waals surface area contributed by atoms with Gasteiger partial charge in [0.05, 0.1) is 16.9 Å². The third-order valence-electron chi connectivity index (χ3n) is 6.22. The van der Waals surface area contributed by atoms with Crippen LogP contribution in [-0.2, 0) is 49.3 Å². The Morgan fingerprint density at radius 3 is 2.14 bits per heavy atom. The van der Waals surface area contributed by atoms with Crippen molar-refractivity contribution in [2.24, 2.45) is 5.92 Å². The minimum Gasteiger partial charge on any atom is -0.463 e. The van der Waals surface area contributed by atoms with Gasteiger partial charge >= 0.3 is 23.9 Å². The Morgan fingerprint density at radius 2 is 1.52 bits per heavy atom. The first kappa shape index (κ1) is 32.7. The van der Waals surface area contributed by atoms with Crippen molar-refractivity contribution in [3.8, 4) is 17.1 Å². The topological polar surface area (TPSA) is 171 Å². The summed E-state index contributed by atoms with van der Waals surface area (Å²) in [5.41, 5.74) is 1.15. The summed E-state index contributed by atoms with van der Waals surface area (Å²) in [6.45, 7) is 8.49. The molecular weight excluding hydrogens is 596 g/mol. The van der Waals surface area contributed by atoms with Crippen molar-refractivity contribution in [3.05, 3.63) is 42.2 Å². The maximum atomic E-state index is 12.1. The van der Waals surface area contributed by atoms with Crippen LogP contribution in [0.25, 0.3) is 17.1 Å². The van der Waals surface area contributed by atoms with Gasteiger partial charge in [0.2, 0.25) is 0 Å². The van der Waals surface area contributed by atoms with Gasteiger partial charge in [0.1, 0.15) is 12.7 Å². The van der Waals surface area contributed by atoms with E-state index in [0.29, 0.717) is 17.9 Å². The van der Waals surface area contributed by atoms with Crippen molar-refractivity contribution in [2.45, 2.75) is 83.0 Å². The third-order valence-corrected chi connectivity index (χ3v) is 7.19. The SMILES string of the molecule is CC(=O)OC[C@H]1O[C@@H](Sc2nnc(-c3cn(-c4ccccc4)nc3CC(C)C)o2)[C@H](OC(C)=O)[C@@H](OC(C)=O)[C@@H]1OC(C)=O. The number of nitrogens with zero attached hydrogens (tertiary/aromatic N) is 4. The zero-order valence-corrected chi connectivity index (χ0v) is 25.9. The summed E-state index contributed by atoms with van der Waals surface area (Å²) >= 11 is 0.904. The van der Waals surface area contributed by atoms with Gasteiger partial charge in [0.25, 0.3) is 11.1 Å². The van der Waals surface area contributed by atoms with Gasteiger partial charge in [-0.25, -0.2) is 4.68 Å². The molecule has 1 fully saturated rings. The fourth-order valence-electron chi connectivity index (χ4n) is 4.59. The number of hydrogen-bond donors (Lipinski definition) is 0. The highest BCUT2D eigenvalue weighted by atomic mass is 32.2. The Labute approximate surface area is 257 Å². The lowest BCUT2D eigenvalue weighted by Crippen LogP contribution is -2.61. The van der Waals surface area contributed by atoms with Gasteiger partial charge in [-0.05, 0) is 36.2 Å². The molecule has 0 saturated carbocycles. The van der Waals surface area contributed by atoms with E-state index in [1.165, 1.54) is 13.8 Å². The molecule has 236 valence electrons. The zero-order valence-electron chi connectivity index (χ0n) is 25.1. The molecule has 14 nitrogen and oxygen atoms in total. The molecule has 2 aromatic heterocycles. The molecule has 0 spiro atoms. The monoisotopic (exact) mass is 630 g/mol. The second kappa shape index (κ2) is 14.5. The standard InChI is InChI=1S/C29H34N4O10S/c1-15(2)12-22-21(13-33(32-22)20-10-8-7-9-11-20)27-30-31-29(43-27)44-28-26(41-19(6)37)25(40-18(5)36)24(39-17(4)35)23(42-28)14-38-16(3)34/h7-11,13,15,23-26,28H,12,14H2,1-6H3/t23-,24-,25+,26-,28+/m1/s1. The second-order valence-corrected chi connectivity index (χ2v) is 11.5. The van der Waals surface area contributed by atoms with E-state index in [0.717, 1.165) is 37.0 Å². The maximum absolute atomic E-state index is 12.1. The molecule has 0 unspecified atom stereocenters. The quantitative estimate of drug-likeness (QED) is 0.223. The Hall–Kier alpha value is -4.24. The highest BCUT2D eigenvalue weighted by Gasteiger charge is 2.53. The fraction of sp³-hybridized carbons (Fsp3) is 0.483. The van der Waals surface area contributed by atoms with Crippen LogP contribution in [0.1, 0.15) is 47.2 Å². The summed E-state index contributed by atoms with van der Waals surface area (Å²) in [6, 6.07) is 9.59. The highest BCUT2D eigenvalue weighted by molar-refractivity contribution is 7.99. The molecule has 3 aromatic rings. The predicted octanol–water partition coefficient (Wildman–Crippen LogP) is 3.30. The van der Waals surface area contributed by atoms with Gasteiger partial charge in [-0.1, -0.05) is 32.0 Å². The van der Waals surface area contributed by atoms with E-state index >= 15 is 0 Å². The van der Waals surface area contributed by atoms with Crippen LogP contribution in [0, 0.1) is 5.92 Å². The minimum absolute atomic E-state index is 0.0452. The van der Waals surface area contributed by atoms with E-state index < -0.39 is 53.7 Å². The molecule has 0 radical (unpaired) electrons. The molecule has 44 heavy (non-hydrogen) atoms. The van der Waals surface area contributed by atoms with Crippen LogP contribution < -0.4 is 0 Å². The molecule has 0 aliphatic carbocycles. The van der Waals surface area contributed by atoms with E-state index in [1.54, 1.807) is 4.68 Å². The molecule has 1 aliphatic rings. The van der Waals surface area contributed by atoms with Crippen molar-refractivity contribution in [1.29, 1.82) is 0 Å². The maximum Gasteiger partial charge on any atom is 0.303 e. The average Bonchev–Trinajstić information content (AvgIpc) is 3.57. The molecule has 0 amide bonds. The summed E-state index contributed by atoms with van der Waals surface area (Å²) in [6.07, 6.45) is -2.48. The summed E-state index contributed by atoms with van der Waals surface area (Å²) in [5, 5.41) is 13.2. The van der Waals surface area contributed by atoms with Gasteiger partial charge < -0.3 is 28.1 Å². The number of benzene rings is 1. The number of thioether (sulfide) groups is 1. The van der Waals surface area contributed by atoms with E-state index in [1.807, 2.05) is 36.5 Å². The molecule has 4 rings (SSSR count). The lowest BCUT2D eigenvalue weighted by Gasteiger charge is -2.43. The first-order valence-electron chi connectivity index (χ1n) is 13.9. The molecule has 0 N–H and O–H groups in total. The molecule has 1 saturated heterocycles. The third kappa shape index (κ3) is 8.44. The van der Waals surface area contributed by atoms with Crippen molar-refractivity contribution in [2.75, 3.05) is 6.61 Å². The smallest absolute Gasteiger partial charge is 0.303 e. The molecular formula is C29H34N4O10S. The van der Waals surface area contributed by atoms with E-state index in [2.05, 4.69) is 24.0 Å². The van der Waals surface area contributed by atoms with Crippen LogP contribution in [0.15, 0.2) is 46.2 Å². The van der Waals surface area contributed by atoms with E-state index in [4.69, 9.17) is 33.2 Å². The Bertz CT molecular complexity index is 1470. The van der Waals surface area contributed by atoms with Crippen molar-refractivity contribution < 1.29 is 47.3 Å². The average molecular weight is 631 g/mol. The number of esters is 4. The highest BCUT2D eigenvalue weighted by Crippen LogP contribution is 2.38. The molecule has 15 heteroatoms. The van der Waals surface area contributed by atoms with Gasteiger partial charge in [-0.15, -0.1) is 10.2 Å². The molecule has 5 atom stereocenters. The number of hydrogen-bond acceptors (Lipinski definition) is 14. The van der Waals surface area contributed by atoms with Gasteiger partial charge in [-0.3, -0.25) is 19.2 Å². The molecule has 1 aliphatic heterocycles. The Morgan fingerprint density at radius 1 is 0.886 bits per heavy atom. The molecule has 1 aromatic carbocycles. The number of ether oxygens (including phenoxy) is 5. The lowest BCUT2D eigenvalue weighted by molar-refractivity contribution is -0.237. The number of carbonyl (C=O) groups is 4. The van der Waals surface area contributed by atoms with Crippen LogP contribution in [-0.4, -0.2) is 80.3 Å². The summed E-state index contributed by atoms with van der Waals surface area (Å²) in [5.74, 6) is -2.27. The van der Waals surface area contributed by atoms with Crippen molar-refractivity contribution >= 4 is 35.6 Å². The van der Waals surface area contributed by atoms with Crippen LogP contribution >= 0.6 is 11.8 Å². The summed E-state index contributed by atoms with van der Waals surface area (Å²) < 4.78 is 35.4. The van der Waals surface area contributed by atoms with Gasteiger partial charge in [0, 0.05) is 33.9 Å². The first-order valence-corrected chi connectivity index (χ1v) is 14.7. The number of carbonyl (C=O) groups excluding carboxylic acids is 4. The minimum atomic E-state index is -1.31. The van der Waals surface area contributed by atoms with Gasteiger partial charge in [-0.2, -0.15) is 5.10 Å². The summed E-state index contributed by atoms with van der Waals surface area (Å²) in [4.78, 5) is 47.8. The summed E-state index contributed by atoms with van der Waals surface area (Å²) in [7, 11) is 0. The van der Waals surface area contributed by atoms with Crippen molar-refractivity contribution in [1.82, 2.24) is 20.0 Å². The number of para-hydroxylation sites is 1. The Kier molecular flexibility index (Phi) is 10.8. The largest absolute Gasteiger partial charge is 0.463 e. The normalized spacial score (nSPS) is 21.5. The first-order chi connectivity index (χ1) is 20.9. The molecule has 0 bridgehead atoms. The van der Waals surface area contributed by atoms with Crippen LogP contribution in [0.3, 0.4) is 0 Å². The Balaban J connectivity index is 1.68. The number of rotatable bonds is 11. The van der Waals surface area contributed by atoms with Crippen LogP contribution in [0.5, 0.6) is 0 Å². The van der Waals surface area contributed by atoms with E-state index in [-0.39, 0.29) is 17.7 Å². The van der Waals surface area contributed by atoms with Crippen molar-refractivity contribution in [3.63, 3.8) is 0 Å². The fourth-order valence-corrected chi connectivity index (χ4v) is 5.54. The zero-order chi connectivity index (χ0) is 32.0. The second-order valence-electron chi connectivity index (χ2n) is 10.4. The van der Waals surface area contributed by atoms with Crippen LogP contribution in [0.4, 0.5) is 0 Å². The van der Waals surface area contributed by atoms with Crippen LogP contribution in [0.2, 0.25) is 0 Å².